The van der Waals surface area contributed by atoms with E-state index in [0.29, 0.717) is 5.92 Å². The van der Waals surface area contributed by atoms with Crippen LogP contribution in [0.15, 0.2) is 24.3 Å². The normalized spacial score (nSPS) is 12.2. The Labute approximate surface area is 118 Å². The molecule has 1 aromatic rings. The molecule has 1 unspecified atom stereocenters. The van der Waals surface area contributed by atoms with Crippen molar-refractivity contribution in [3.05, 3.63) is 35.4 Å². The highest BCUT2D eigenvalue weighted by molar-refractivity contribution is 9.09. The monoisotopic (exact) mass is 311 g/mol. The van der Waals surface area contributed by atoms with Gasteiger partial charge in [0.15, 0.2) is 0 Å². The maximum Gasteiger partial charge on any atom is 0.251 e. The van der Waals surface area contributed by atoms with Gasteiger partial charge in [0.05, 0.1) is 0 Å². The highest BCUT2D eigenvalue weighted by Gasteiger charge is 2.08. The molecule has 1 rings (SSSR count). The fourth-order valence-corrected chi connectivity index (χ4v) is 2.20. The standard InChI is InChI=1S/C15H22BrNO/c1-3-13-8-4-5-9-14(13)15(18)17-10-6-7-12(2)11-16/h4-5,8-9,12H,3,6-7,10-11H2,1-2H3,(H,17,18). The first-order valence-corrected chi connectivity index (χ1v) is 7.73. The Hall–Kier alpha value is -0.830. The molecule has 0 saturated heterocycles. The summed E-state index contributed by atoms with van der Waals surface area (Å²) >= 11 is 3.46. The number of rotatable bonds is 7. The van der Waals surface area contributed by atoms with E-state index in [1.165, 1.54) is 0 Å². The predicted molar refractivity (Wildman–Crippen MR) is 80.3 cm³/mol. The summed E-state index contributed by atoms with van der Waals surface area (Å²) in [5.41, 5.74) is 1.93. The second kappa shape index (κ2) is 8.30. The Morgan fingerprint density at radius 1 is 1.39 bits per heavy atom. The Morgan fingerprint density at radius 3 is 2.78 bits per heavy atom. The zero-order valence-electron chi connectivity index (χ0n) is 11.2. The lowest BCUT2D eigenvalue weighted by atomic mass is 10.0. The number of carbonyl (C=O) groups is 1. The van der Waals surface area contributed by atoms with Gasteiger partial charge in [-0.15, -0.1) is 0 Å². The maximum absolute atomic E-state index is 12.0. The number of benzene rings is 1. The van der Waals surface area contributed by atoms with Gasteiger partial charge in [0.1, 0.15) is 0 Å². The molecule has 0 aromatic heterocycles. The molecule has 0 bridgehead atoms. The molecule has 3 heteroatoms. The molecule has 1 amide bonds. The van der Waals surface area contributed by atoms with Crippen molar-refractivity contribution in [3.8, 4) is 0 Å². The number of amides is 1. The molecule has 0 fully saturated rings. The molecule has 1 N–H and O–H groups in total. The van der Waals surface area contributed by atoms with Crippen LogP contribution < -0.4 is 5.32 Å². The van der Waals surface area contributed by atoms with E-state index in [1.807, 2.05) is 24.3 Å². The van der Waals surface area contributed by atoms with Crippen LogP contribution >= 0.6 is 15.9 Å². The molecular weight excluding hydrogens is 290 g/mol. The summed E-state index contributed by atoms with van der Waals surface area (Å²) in [6, 6.07) is 7.81. The maximum atomic E-state index is 12.0. The van der Waals surface area contributed by atoms with Crippen molar-refractivity contribution in [2.75, 3.05) is 11.9 Å². The minimum Gasteiger partial charge on any atom is -0.352 e. The number of hydrogen-bond acceptors (Lipinski definition) is 1. The molecule has 1 atom stereocenters. The molecule has 0 heterocycles. The minimum absolute atomic E-state index is 0.0546. The zero-order valence-corrected chi connectivity index (χ0v) is 12.8. The van der Waals surface area contributed by atoms with Crippen molar-refractivity contribution in [1.29, 1.82) is 0 Å². The van der Waals surface area contributed by atoms with Crippen LogP contribution in [-0.4, -0.2) is 17.8 Å². The van der Waals surface area contributed by atoms with Crippen molar-refractivity contribution in [3.63, 3.8) is 0 Å². The van der Waals surface area contributed by atoms with Gasteiger partial charge in [0.25, 0.3) is 5.91 Å². The lowest BCUT2D eigenvalue weighted by molar-refractivity contribution is 0.0951. The van der Waals surface area contributed by atoms with Gasteiger partial charge >= 0.3 is 0 Å². The van der Waals surface area contributed by atoms with Gasteiger partial charge in [-0.25, -0.2) is 0 Å². The van der Waals surface area contributed by atoms with E-state index < -0.39 is 0 Å². The van der Waals surface area contributed by atoms with Crippen LogP contribution in [0.2, 0.25) is 0 Å². The minimum atomic E-state index is 0.0546. The van der Waals surface area contributed by atoms with E-state index in [0.717, 1.165) is 42.3 Å². The molecule has 2 nitrogen and oxygen atoms in total. The summed E-state index contributed by atoms with van der Waals surface area (Å²) in [7, 11) is 0. The second-order valence-corrected chi connectivity index (χ2v) is 5.32. The van der Waals surface area contributed by atoms with E-state index in [-0.39, 0.29) is 5.91 Å². The summed E-state index contributed by atoms with van der Waals surface area (Å²) in [6.07, 6.45) is 3.07. The van der Waals surface area contributed by atoms with Gasteiger partial charge in [0.2, 0.25) is 0 Å². The van der Waals surface area contributed by atoms with Crippen molar-refractivity contribution < 1.29 is 4.79 Å². The van der Waals surface area contributed by atoms with E-state index >= 15 is 0 Å². The van der Waals surface area contributed by atoms with E-state index in [4.69, 9.17) is 0 Å². The summed E-state index contributed by atoms with van der Waals surface area (Å²) < 4.78 is 0. The van der Waals surface area contributed by atoms with Gasteiger partial charge in [-0.3, -0.25) is 4.79 Å². The average molecular weight is 312 g/mol. The van der Waals surface area contributed by atoms with Crippen molar-refractivity contribution >= 4 is 21.8 Å². The largest absolute Gasteiger partial charge is 0.352 e. The van der Waals surface area contributed by atoms with Gasteiger partial charge in [-0.2, -0.15) is 0 Å². The number of carbonyl (C=O) groups excluding carboxylic acids is 1. The van der Waals surface area contributed by atoms with Gasteiger partial charge in [-0.1, -0.05) is 48.0 Å². The van der Waals surface area contributed by atoms with Gasteiger partial charge < -0.3 is 5.32 Å². The number of hydrogen-bond donors (Lipinski definition) is 1. The first-order chi connectivity index (χ1) is 8.69. The smallest absolute Gasteiger partial charge is 0.251 e. The topological polar surface area (TPSA) is 29.1 Å². The fourth-order valence-electron chi connectivity index (χ4n) is 1.87. The predicted octanol–water partition coefficient (Wildman–Crippen LogP) is 3.79. The molecule has 0 aliphatic carbocycles. The van der Waals surface area contributed by atoms with Crippen LogP contribution in [0.1, 0.15) is 42.6 Å². The third-order valence-electron chi connectivity index (χ3n) is 3.07. The molecule has 18 heavy (non-hydrogen) atoms. The lowest BCUT2D eigenvalue weighted by Gasteiger charge is -2.10. The van der Waals surface area contributed by atoms with Crippen LogP contribution in [0.4, 0.5) is 0 Å². The molecule has 0 radical (unpaired) electrons. The summed E-state index contributed by atoms with van der Waals surface area (Å²) in [4.78, 5) is 12.0. The van der Waals surface area contributed by atoms with Gasteiger partial charge in [-0.05, 0) is 36.8 Å². The van der Waals surface area contributed by atoms with Crippen LogP contribution in [0.5, 0.6) is 0 Å². The Morgan fingerprint density at radius 2 is 2.11 bits per heavy atom. The molecule has 0 aliphatic heterocycles. The number of nitrogens with one attached hydrogen (secondary N) is 1. The SMILES string of the molecule is CCc1ccccc1C(=O)NCCCC(C)CBr. The summed E-state index contributed by atoms with van der Waals surface area (Å²) in [6.45, 7) is 5.04. The fraction of sp³-hybridized carbons (Fsp3) is 0.533. The van der Waals surface area contributed by atoms with Gasteiger partial charge in [0, 0.05) is 17.4 Å². The van der Waals surface area contributed by atoms with Crippen molar-refractivity contribution in [2.45, 2.75) is 33.1 Å². The molecule has 1 aromatic carbocycles. The summed E-state index contributed by atoms with van der Waals surface area (Å²) in [5.74, 6) is 0.726. The molecular formula is C15H22BrNO. The first kappa shape index (κ1) is 15.2. The lowest BCUT2D eigenvalue weighted by Crippen LogP contribution is -2.25. The Bertz CT molecular complexity index is 379. The van der Waals surface area contributed by atoms with E-state index in [9.17, 15) is 4.79 Å². The third-order valence-corrected chi connectivity index (χ3v) is 4.17. The van der Waals surface area contributed by atoms with Crippen LogP contribution in [0.25, 0.3) is 0 Å². The molecule has 0 saturated carbocycles. The highest BCUT2D eigenvalue weighted by atomic mass is 79.9. The first-order valence-electron chi connectivity index (χ1n) is 6.61. The van der Waals surface area contributed by atoms with Crippen molar-refractivity contribution in [1.82, 2.24) is 5.32 Å². The zero-order chi connectivity index (χ0) is 13.4. The number of aryl methyl sites for hydroxylation is 1. The van der Waals surface area contributed by atoms with E-state index in [1.54, 1.807) is 0 Å². The highest BCUT2D eigenvalue weighted by Crippen LogP contribution is 2.10. The molecule has 100 valence electrons. The quantitative estimate of drug-likeness (QED) is 0.602. The number of alkyl halides is 1. The Kier molecular flexibility index (Phi) is 7.02. The van der Waals surface area contributed by atoms with Crippen LogP contribution in [0, 0.1) is 5.92 Å². The molecule has 0 aliphatic rings. The number of halogens is 1. The second-order valence-electron chi connectivity index (χ2n) is 4.67. The van der Waals surface area contributed by atoms with Crippen LogP contribution in [0.3, 0.4) is 0 Å². The van der Waals surface area contributed by atoms with Crippen molar-refractivity contribution in [2.24, 2.45) is 5.92 Å². The van der Waals surface area contributed by atoms with Crippen LogP contribution in [-0.2, 0) is 6.42 Å². The van der Waals surface area contributed by atoms with E-state index in [2.05, 4.69) is 35.1 Å². The molecule has 0 spiro atoms. The summed E-state index contributed by atoms with van der Waals surface area (Å²) in [5, 5.41) is 4.03. The Balaban J connectivity index is 2.41. The third kappa shape index (κ3) is 4.81. The average Bonchev–Trinajstić information content (AvgIpc) is 2.42.